The van der Waals surface area contributed by atoms with Crippen molar-refractivity contribution in [3.8, 4) is 0 Å². The zero-order valence-corrected chi connectivity index (χ0v) is 16.9. The molecular formula is C20H31N5O3. The second kappa shape index (κ2) is 7.39. The maximum Gasteiger partial charge on any atom is 0.319 e. The predicted octanol–water partition coefficient (Wildman–Crippen LogP) is 1.89. The molecular weight excluding hydrogens is 358 g/mol. The Morgan fingerprint density at radius 1 is 1.21 bits per heavy atom. The van der Waals surface area contributed by atoms with Gasteiger partial charge in [0.2, 0.25) is 0 Å². The maximum absolute atomic E-state index is 12.3. The SMILES string of the molecule is CN(C)C(=O)N1C[C@@H]2CN(Cc3cncn3C3CCCCC3)C[C@]2(C(=O)O)C1. The van der Waals surface area contributed by atoms with Crippen molar-refractivity contribution in [2.75, 3.05) is 40.3 Å². The van der Waals surface area contributed by atoms with Crippen LogP contribution < -0.4 is 0 Å². The Labute approximate surface area is 166 Å². The molecule has 1 aliphatic carbocycles. The van der Waals surface area contributed by atoms with E-state index in [1.54, 1.807) is 19.0 Å². The second-order valence-electron chi connectivity index (χ2n) is 8.97. The minimum absolute atomic E-state index is 0.0278. The van der Waals surface area contributed by atoms with Crippen LogP contribution in [0.3, 0.4) is 0 Å². The molecule has 3 heterocycles. The van der Waals surface area contributed by atoms with Gasteiger partial charge in [-0.3, -0.25) is 9.69 Å². The number of aliphatic carboxylic acids is 1. The molecule has 2 saturated heterocycles. The van der Waals surface area contributed by atoms with Gasteiger partial charge in [-0.2, -0.15) is 0 Å². The highest BCUT2D eigenvalue weighted by atomic mass is 16.4. The first kappa shape index (κ1) is 19.2. The molecule has 1 N–H and O–H groups in total. The van der Waals surface area contributed by atoms with Crippen molar-refractivity contribution in [1.29, 1.82) is 0 Å². The molecule has 0 radical (unpaired) electrons. The van der Waals surface area contributed by atoms with Crippen LogP contribution in [-0.2, 0) is 11.3 Å². The minimum atomic E-state index is -0.860. The molecule has 3 fully saturated rings. The molecule has 2 atom stereocenters. The summed E-state index contributed by atoms with van der Waals surface area (Å²) >= 11 is 0. The fourth-order valence-electron chi connectivity index (χ4n) is 5.39. The lowest BCUT2D eigenvalue weighted by molar-refractivity contribution is -0.148. The number of hydrogen-bond donors (Lipinski definition) is 1. The number of carbonyl (C=O) groups excluding carboxylic acids is 1. The second-order valence-corrected chi connectivity index (χ2v) is 8.97. The Hall–Kier alpha value is -2.09. The van der Waals surface area contributed by atoms with Crippen LogP contribution in [0, 0.1) is 11.3 Å². The molecule has 4 rings (SSSR count). The van der Waals surface area contributed by atoms with Gasteiger partial charge in [-0.15, -0.1) is 0 Å². The van der Waals surface area contributed by atoms with E-state index in [9.17, 15) is 14.7 Å². The van der Waals surface area contributed by atoms with Crippen LogP contribution in [0.5, 0.6) is 0 Å². The average molecular weight is 390 g/mol. The smallest absolute Gasteiger partial charge is 0.319 e. The van der Waals surface area contributed by atoms with Gasteiger partial charge >= 0.3 is 12.0 Å². The molecule has 2 aliphatic heterocycles. The number of rotatable bonds is 4. The van der Waals surface area contributed by atoms with Crippen molar-refractivity contribution >= 4 is 12.0 Å². The first-order valence-electron chi connectivity index (χ1n) is 10.3. The number of imidazole rings is 1. The monoisotopic (exact) mass is 389 g/mol. The Kier molecular flexibility index (Phi) is 5.07. The fourth-order valence-corrected chi connectivity index (χ4v) is 5.39. The number of hydrogen-bond acceptors (Lipinski definition) is 4. The van der Waals surface area contributed by atoms with Gasteiger partial charge in [-0.1, -0.05) is 19.3 Å². The van der Waals surface area contributed by atoms with Crippen molar-refractivity contribution in [2.45, 2.75) is 44.7 Å². The van der Waals surface area contributed by atoms with Crippen LogP contribution in [-0.4, -0.2) is 81.6 Å². The number of urea groups is 1. The van der Waals surface area contributed by atoms with E-state index in [0.29, 0.717) is 32.2 Å². The Bertz CT molecular complexity index is 742. The number of nitrogens with zero attached hydrogens (tertiary/aromatic N) is 5. The molecule has 8 heteroatoms. The van der Waals surface area contributed by atoms with E-state index in [-0.39, 0.29) is 11.9 Å². The van der Waals surface area contributed by atoms with Gasteiger partial charge in [0.15, 0.2) is 0 Å². The van der Waals surface area contributed by atoms with E-state index in [1.807, 2.05) is 12.5 Å². The van der Waals surface area contributed by atoms with Gasteiger partial charge < -0.3 is 19.5 Å². The molecule has 1 aromatic heterocycles. The fraction of sp³-hybridized carbons (Fsp3) is 0.750. The number of carboxylic acid groups (broad SMARTS) is 1. The third-order valence-electron chi connectivity index (χ3n) is 6.86. The van der Waals surface area contributed by atoms with E-state index < -0.39 is 11.4 Å². The molecule has 0 aromatic carbocycles. The number of carboxylic acids is 1. The molecule has 154 valence electrons. The molecule has 2 amide bonds. The molecule has 1 saturated carbocycles. The van der Waals surface area contributed by atoms with Gasteiger partial charge in [0.1, 0.15) is 5.41 Å². The summed E-state index contributed by atoms with van der Waals surface area (Å²) in [6.45, 7) is 2.73. The molecule has 8 nitrogen and oxygen atoms in total. The number of fused-ring (bicyclic) bond motifs is 1. The topological polar surface area (TPSA) is 81.9 Å². The molecule has 0 bridgehead atoms. The largest absolute Gasteiger partial charge is 0.481 e. The van der Waals surface area contributed by atoms with Gasteiger partial charge in [0, 0.05) is 65.0 Å². The lowest BCUT2D eigenvalue weighted by Crippen LogP contribution is -2.44. The summed E-state index contributed by atoms with van der Waals surface area (Å²) in [4.78, 5) is 34.4. The van der Waals surface area contributed by atoms with Crippen molar-refractivity contribution in [1.82, 2.24) is 24.3 Å². The van der Waals surface area contributed by atoms with E-state index >= 15 is 0 Å². The van der Waals surface area contributed by atoms with E-state index in [2.05, 4.69) is 14.5 Å². The molecule has 1 aromatic rings. The minimum Gasteiger partial charge on any atom is -0.481 e. The van der Waals surface area contributed by atoms with Crippen molar-refractivity contribution < 1.29 is 14.7 Å². The molecule has 0 unspecified atom stereocenters. The summed E-state index contributed by atoms with van der Waals surface area (Å²) in [5.74, 6) is -0.810. The summed E-state index contributed by atoms with van der Waals surface area (Å²) < 4.78 is 2.31. The third-order valence-corrected chi connectivity index (χ3v) is 6.86. The quantitative estimate of drug-likeness (QED) is 0.850. The Morgan fingerprint density at radius 3 is 2.61 bits per heavy atom. The summed E-state index contributed by atoms with van der Waals surface area (Å²) in [6.07, 6.45) is 10.1. The van der Waals surface area contributed by atoms with Gasteiger partial charge in [-0.25, -0.2) is 9.78 Å². The summed E-state index contributed by atoms with van der Waals surface area (Å²) in [7, 11) is 3.42. The number of amides is 2. The molecule has 0 spiro atoms. The van der Waals surface area contributed by atoms with Crippen LogP contribution in [0.25, 0.3) is 0 Å². The van der Waals surface area contributed by atoms with Crippen LogP contribution >= 0.6 is 0 Å². The van der Waals surface area contributed by atoms with E-state index in [0.717, 1.165) is 6.54 Å². The lowest BCUT2D eigenvalue weighted by atomic mass is 9.81. The molecule has 3 aliphatic rings. The first-order chi connectivity index (χ1) is 13.4. The average Bonchev–Trinajstić information content (AvgIpc) is 3.35. The van der Waals surface area contributed by atoms with Crippen molar-refractivity contribution in [3.05, 3.63) is 18.2 Å². The highest BCUT2D eigenvalue weighted by Crippen LogP contribution is 2.43. The van der Waals surface area contributed by atoms with Crippen molar-refractivity contribution in [2.24, 2.45) is 11.3 Å². The summed E-state index contributed by atoms with van der Waals surface area (Å²) in [6, 6.07) is 0.423. The summed E-state index contributed by atoms with van der Waals surface area (Å²) in [5, 5.41) is 10.0. The van der Waals surface area contributed by atoms with Crippen molar-refractivity contribution in [3.63, 3.8) is 0 Å². The van der Waals surface area contributed by atoms with Crippen LogP contribution in [0.4, 0.5) is 4.79 Å². The highest BCUT2D eigenvalue weighted by molar-refractivity contribution is 5.80. The first-order valence-corrected chi connectivity index (χ1v) is 10.3. The normalized spacial score (nSPS) is 28.5. The third kappa shape index (κ3) is 3.27. The number of carbonyl (C=O) groups is 2. The zero-order chi connectivity index (χ0) is 19.9. The number of likely N-dealkylation sites (tertiary alicyclic amines) is 2. The Balaban J connectivity index is 1.46. The predicted molar refractivity (Wildman–Crippen MR) is 104 cm³/mol. The zero-order valence-electron chi connectivity index (χ0n) is 16.9. The molecule has 28 heavy (non-hydrogen) atoms. The van der Waals surface area contributed by atoms with Crippen LogP contribution in [0.2, 0.25) is 0 Å². The van der Waals surface area contributed by atoms with Gasteiger partial charge in [0.25, 0.3) is 0 Å². The maximum atomic E-state index is 12.3. The van der Waals surface area contributed by atoms with Gasteiger partial charge in [0.05, 0.1) is 12.0 Å². The van der Waals surface area contributed by atoms with Crippen LogP contribution in [0.15, 0.2) is 12.5 Å². The van der Waals surface area contributed by atoms with Crippen LogP contribution in [0.1, 0.15) is 43.8 Å². The Morgan fingerprint density at radius 2 is 1.96 bits per heavy atom. The highest BCUT2D eigenvalue weighted by Gasteiger charge is 2.58. The van der Waals surface area contributed by atoms with Gasteiger partial charge in [-0.05, 0) is 12.8 Å². The van der Waals surface area contributed by atoms with E-state index in [1.165, 1.54) is 42.7 Å². The van der Waals surface area contributed by atoms with E-state index in [4.69, 9.17) is 0 Å². The number of aromatic nitrogens is 2. The summed E-state index contributed by atoms with van der Waals surface area (Å²) in [5.41, 5.74) is 0.315. The standard InChI is InChI=1S/C20H31N5O3/c1-22(2)19(28)24-10-15-9-23(12-20(15,13-24)18(26)27)11-17-8-21-14-25(17)16-6-4-3-5-7-16/h8,14-16H,3-7,9-13H2,1-2H3,(H,26,27)/t15-,20-/m0/s1. The lowest BCUT2D eigenvalue weighted by Gasteiger charge is -2.28.